The van der Waals surface area contributed by atoms with Gasteiger partial charge in [-0.3, -0.25) is 4.99 Å². The van der Waals surface area contributed by atoms with Crippen LogP contribution in [0.2, 0.25) is 0 Å². The van der Waals surface area contributed by atoms with Crippen LogP contribution in [0.3, 0.4) is 0 Å². The van der Waals surface area contributed by atoms with Crippen molar-refractivity contribution >= 4 is 29.9 Å². The van der Waals surface area contributed by atoms with E-state index in [2.05, 4.69) is 48.4 Å². The highest BCUT2D eigenvalue weighted by Crippen LogP contribution is 2.30. The van der Waals surface area contributed by atoms with E-state index in [0.717, 1.165) is 36.1 Å². The van der Waals surface area contributed by atoms with Gasteiger partial charge in [-0.25, -0.2) is 0 Å². The van der Waals surface area contributed by atoms with Gasteiger partial charge >= 0.3 is 0 Å². The first kappa shape index (κ1) is 26.8. The summed E-state index contributed by atoms with van der Waals surface area (Å²) in [4.78, 5) is 7.43. The average molecular weight is 533 g/mol. The highest BCUT2D eigenvalue weighted by molar-refractivity contribution is 14.0. The molecule has 0 spiro atoms. The topological polar surface area (TPSA) is 58.1 Å². The number of nitrogens with one attached hydrogen (secondary N) is 2. The Balaban J connectivity index is 0.00000450. The number of benzene rings is 1. The monoisotopic (exact) mass is 532 g/mol. The van der Waals surface area contributed by atoms with Crippen molar-refractivity contribution < 1.29 is 9.47 Å². The van der Waals surface area contributed by atoms with E-state index in [1.807, 2.05) is 19.9 Å². The molecule has 2 rings (SSSR count). The molecule has 1 aliphatic rings. The summed E-state index contributed by atoms with van der Waals surface area (Å²) in [5.41, 5.74) is 1.15. The third kappa shape index (κ3) is 8.49. The zero-order valence-corrected chi connectivity index (χ0v) is 21.7. The van der Waals surface area contributed by atoms with Crippen molar-refractivity contribution in [2.24, 2.45) is 10.9 Å². The van der Waals surface area contributed by atoms with Gasteiger partial charge in [0.1, 0.15) is 0 Å². The van der Waals surface area contributed by atoms with E-state index < -0.39 is 0 Å². The van der Waals surface area contributed by atoms with E-state index in [1.54, 1.807) is 0 Å². The number of guanidine groups is 1. The number of hydrogen-bond donors (Lipinski definition) is 2. The van der Waals surface area contributed by atoms with E-state index in [9.17, 15) is 0 Å². The molecule has 0 aromatic heterocycles. The maximum atomic E-state index is 5.77. The van der Waals surface area contributed by atoms with Gasteiger partial charge in [-0.05, 0) is 77.2 Å². The minimum Gasteiger partial charge on any atom is -0.490 e. The van der Waals surface area contributed by atoms with E-state index in [1.165, 1.54) is 32.5 Å². The van der Waals surface area contributed by atoms with Crippen molar-refractivity contribution in [1.29, 1.82) is 0 Å². The molecule has 6 nitrogen and oxygen atoms in total. The van der Waals surface area contributed by atoms with Gasteiger partial charge in [0.2, 0.25) is 0 Å². The number of likely N-dealkylation sites (tertiary alicyclic amines) is 1. The van der Waals surface area contributed by atoms with Gasteiger partial charge < -0.3 is 25.0 Å². The van der Waals surface area contributed by atoms with Gasteiger partial charge in [0.25, 0.3) is 0 Å². The van der Waals surface area contributed by atoms with Crippen LogP contribution in [0, 0.1) is 5.92 Å². The normalized spacial score (nSPS) is 17.9. The quantitative estimate of drug-likeness (QED) is 0.251. The van der Waals surface area contributed by atoms with Crippen LogP contribution in [0.15, 0.2) is 23.2 Å². The molecule has 1 heterocycles. The first-order valence-electron chi connectivity index (χ1n) is 11.3. The Labute approximate surface area is 200 Å². The van der Waals surface area contributed by atoms with Gasteiger partial charge in [0.05, 0.1) is 19.3 Å². The van der Waals surface area contributed by atoms with Crippen LogP contribution in [0.25, 0.3) is 0 Å². The number of halogens is 1. The second-order valence-electron chi connectivity index (χ2n) is 7.61. The van der Waals surface area contributed by atoms with Gasteiger partial charge in [-0.1, -0.05) is 13.0 Å². The van der Waals surface area contributed by atoms with Crippen molar-refractivity contribution in [3.63, 3.8) is 0 Å². The molecule has 2 atom stereocenters. The Bertz CT molecular complexity index is 642. The zero-order valence-electron chi connectivity index (χ0n) is 19.4. The van der Waals surface area contributed by atoms with Gasteiger partial charge in [-0.15, -0.1) is 24.0 Å². The summed E-state index contributed by atoms with van der Waals surface area (Å²) in [6, 6.07) is 6.26. The van der Waals surface area contributed by atoms with Crippen LogP contribution < -0.4 is 20.1 Å². The van der Waals surface area contributed by atoms with Crippen LogP contribution in [-0.2, 0) is 0 Å². The fourth-order valence-electron chi connectivity index (χ4n) is 3.75. The summed E-state index contributed by atoms with van der Waals surface area (Å²) >= 11 is 0. The lowest BCUT2D eigenvalue weighted by molar-refractivity contribution is 0.287. The highest BCUT2D eigenvalue weighted by atomic mass is 127. The smallest absolute Gasteiger partial charge is 0.191 e. The van der Waals surface area contributed by atoms with E-state index in [-0.39, 0.29) is 30.0 Å². The molecule has 7 heteroatoms. The van der Waals surface area contributed by atoms with Crippen molar-refractivity contribution in [3.8, 4) is 11.5 Å². The third-order valence-corrected chi connectivity index (χ3v) is 5.18. The van der Waals surface area contributed by atoms with E-state index in [4.69, 9.17) is 14.5 Å². The van der Waals surface area contributed by atoms with Gasteiger partial charge in [0.15, 0.2) is 17.5 Å². The Morgan fingerprint density at radius 2 is 1.90 bits per heavy atom. The molecule has 0 radical (unpaired) electrons. The summed E-state index contributed by atoms with van der Waals surface area (Å²) in [5.74, 6) is 3.12. The Kier molecular flexibility index (Phi) is 13.2. The first-order valence-corrected chi connectivity index (χ1v) is 11.3. The fourth-order valence-corrected chi connectivity index (χ4v) is 3.75. The molecule has 0 saturated carbocycles. The Morgan fingerprint density at radius 1 is 1.17 bits per heavy atom. The zero-order chi connectivity index (χ0) is 21.1. The Hall–Kier alpha value is -1.22. The summed E-state index contributed by atoms with van der Waals surface area (Å²) in [5, 5.41) is 6.93. The van der Waals surface area contributed by atoms with E-state index >= 15 is 0 Å². The summed E-state index contributed by atoms with van der Waals surface area (Å²) in [7, 11) is 0. The second kappa shape index (κ2) is 14.7. The number of hydrogen-bond acceptors (Lipinski definition) is 4. The van der Waals surface area contributed by atoms with E-state index in [0.29, 0.717) is 19.1 Å². The first-order chi connectivity index (χ1) is 14.1. The molecule has 0 aliphatic carbocycles. The molecule has 1 saturated heterocycles. The standard InChI is InChI=1S/C23H40N4O2.HI/c1-6-13-27-14-12-19(17-27)16-25-23(24-7-2)26-18(5)20-10-11-21(28-8-3)22(15-20)29-9-4;/h10-11,15,18-19H,6-9,12-14,16-17H2,1-5H3,(H2,24,25,26);1H. The molecule has 172 valence electrons. The average Bonchev–Trinajstić information content (AvgIpc) is 3.16. The molecule has 2 N–H and O–H groups in total. The summed E-state index contributed by atoms with van der Waals surface area (Å²) in [6.45, 7) is 17.0. The van der Waals surface area contributed by atoms with Crippen LogP contribution >= 0.6 is 24.0 Å². The van der Waals surface area contributed by atoms with Gasteiger partial charge in [-0.2, -0.15) is 0 Å². The molecule has 0 bridgehead atoms. The molecule has 1 aromatic rings. The van der Waals surface area contributed by atoms with Gasteiger partial charge in [0, 0.05) is 19.6 Å². The number of nitrogens with zero attached hydrogens (tertiary/aromatic N) is 2. The van der Waals surface area contributed by atoms with Crippen LogP contribution in [-0.4, -0.2) is 56.8 Å². The maximum absolute atomic E-state index is 5.77. The molecule has 1 aromatic carbocycles. The largest absolute Gasteiger partial charge is 0.490 e. The predicted molar refractivity (Wildman–Crippen MR) is 137 cm³/mol. The lowest BCUT2D eigenvalue weighted by atomic mass is 10.1. The Morgan fingerprint density at radius 3 is 2.57 bits per heavy atom. The van der Waals surface area contributed by atoms with Crippen molar-refractivity contribution in [2.45, 2.75) is 53.5 Å². The molecule has 1 fully saturated rings. The lowest BCUT2D eigenvalue weighted by Gasteiger charge is -2.20. The third-order valence-electron chi connectivity index (χ3n) is 5.18. The predicted octanol–water partition coefficient (Wildman–Crippen LogP) is 4.45. The number of ether oxygens (including phenoxy) is 2. The molecule has 30 heavy (non-hydrogen) atoms. The molecule has 2 unspecified atom stereocenters. The maximum Gasteiger partial charge on any atom is 0.191 e. The molecular formula is C23H41IN4O2. The fraction of sp³-hybridized carbons (Fsp3) is 0.696. The SMILES string of the molecule is CCCN1CCC(CN=C(NCC)NC(C)c2ccc(OCC)c(OCC)c2)C1.I. The number of aliphatic imine (C=N–C) groups is 1. The summed E-state index contributed by atoms with van der Waals surface area (Å²) < 4.78 is 11.5. The van der Waals surface area contributed by atoms with Crippen LogP contribution in [0.1, 0.15) is 59.1 Å². The minimum atomic E-state index is 0. The molecule has 1 aliphatic heterocycles. The lowest BCUT2D eigenvalue weighted by Crippen LogP contribution is -2.39. The second-order valence-corrected chi connectivity index (χ2v) is 7.61. The highest BCUT2D eigenvalue weighted by Gasteiger charge is 2.21. The van der Waals surface area contributed by atoms with Crippen molar-refractivity contribution in [2.75, 3.05) is 45.9 Å². The van der Waals surface area contributed by atoms with Crippen molar-refractivity contribution in [3.05, 3.63) is 23.8 Å². The van der Waals surface area contributed by atoms with Crippen LogP contribution in [0.4, 0.5) is 0 Å². The number of rotatable bonds is 11. The minimum absolute atomic E-state index is 0. The van der Waals surface area contributed by atoms with Crippen molar-refractivity contribution in [1.82, 2.24) is 15.5 Å². The molecule has 0 amide bonds. The molecular weight excluding hydrogens is 491 g/mol. The summed E-state index contributed by atoms with van der Waals surface area (Å²) in [6.07, 6.45) is 2.47. The van der Waals surface area contributed by atoms with Crippen LogP contribution in [0.5, 0.6) is 11.5 Å².